The largest absolute Gasteiger partial charge is 0.573 e. The van der Waals surface area contributed by atoms with Gasteiger partial charge in [0.2, 0.25) is 0 Å². The molecule has 1 aromatic rings. The third-order valence-electron chi connectivity index (χ3n) is 1.87. The summed E-state index contributed by atoms with van der Waals surface area (Å²) in [7, 11) is 0.855. The number of carboxylic acids is 1. The summed E-state index contributed by atoms with van der Waals surface area (Å²) in [5.74, 6) is -4.40. The van der Waals surface area contributed by atoms with Gasteiger partial charge in [-0.05, 0) is 0 Å². The number of methoxy groups -OCH3 is 1. The van der Waals surface area contributed by atoms with Crippen LogP contribution in [0.5, 0.6) is 11.5 Å². The molecule has 0 saturated carbocycles. The molecule has 20 heavy (non-hydrogen) atoms. The van der Waals surface area contributed by atoms with Crippen molar-refractivity contribution in [2.75, 3.05) is 7.11 Å². The van der Waals surface area contributed by atoms with Crippen LogP contribution < -0.4 is 9.47 Å². The molecule has 1 rings (SSSR count). The lowest BCUT2D eigenvalue weighted by Crippen LogP contribution is -2.22. The van der Waals surface area contributed by atoms with E-state index in [9.17, 15) is 31.1 Å². The molecule has 0 bridgehead atoms. The van der Waals surface area contributed by atoms with Crippen molar-refractivity contribution in [1.82, 2.24) is 4.98 Å². The number of hydrogen-bond acceptors (Lipinski definition) is 4. The number of halogens is 6. The standard InChI is InChI=1S/C9H5F6NO4/c1-19-3-2-4(20-9(13,14)15)6(8(10,11)12)16-5(3)7(17)18/h2H,1H3,(H,17,18). The van der Waals surface area contributed by atoms with Gasteiger partial charge in [0.1, 0.15) is 0 Å². The van der Waals surface area contributed by atoms with Gasteiger partial charge in [0.25, 0.3) is 0 Å². The second-order valence-corrected chi connectivity index (χ2v) is 3.24. The lowest BCUT2D eigenvalue weighted by Gasteiger charge is -2.16. The Kier molecular flexibility index (Phi) is 4.01. The maximum Gasteiger partial charge on any atom is 0.573 e. The number of ether oxygens (including phenoxy) is 2. The molecule has 11 heteroatoms. The zero-order chi connectivity index (χ0) is 15.7. The summed E-state index contributed by atoms with van der Waals surface area (Å²) in [6, 6.07) is 0.159. The Bertz CT molecular complexity index is 524. The van der Waals surface area contributed by atoms with Gasteiger partial charge in [0.05, 0.1) is 7.11 Å². The van der Waals surface area contributed by atoms with Crippen LogP contribution in [0.25, 0.3) is 0 Å². The smallest absolute Gasteiger partial charge is 0.494 e. The van der Waals surface area contributed by atoms with Gasteiger partial charge < -0.3 is 14.6 Å². The number of pyridine rings is 1. The van der Waals surface area contributed by atoms with Crippen LogP contribution in [0.2, 0.25) is 0 Å². The van der Waals surface area contributed by atoms with Crippen LogP contribution in [-0.4, -0.2) is 29.5 Å². The molecule has 1 heterocycles. The molecule has 1 aromatic heterocycles. The quantitative estimate of drug-likeness (QED) is 0.870. The molecule has 1 N–H and O–H groups in total. The minimum absolute atomic E-state index is 0.159. The molecular formula is C9H5F6NO4. The van der Waals surface area contributed by atoms with E-state index in [-0.39, 0.29) is 6.07 Å². The van der Waals surface area contributed by atoms with E-state index in [2.05, 4.69) is 14.5 Å². The molecule has 0 aliphatic rings. The maximum atomic E-state index is 12.6. The second kappa shape index (κ2) is 5.06. The van der Waals surface area contributed by atoms with Gasteiger partial charge in [-0.15, -0.1) is 13.2 Å². The fourth-order valence-corrected chi connectivity index (χ4v) is 1.19. The Labute approximate surface area is 106 Å². The van der Waals surface area contributed by atoms with Crippen LogP contribution in [0.3, 0.4) is 0 Å². The average molecular weight is 305 g/mol. The van der Waals surface area contributed by atoms with Crippen molar-refractivity contribution in [3.8, 4) is 11.5 Å². The number of aromatic carboxylic acids is 1. The fraction of sp³-hybridized carbons (Fsp3) is 0.333. The first-order valence-electron chi connectivity index (χ1n) is 4.61. The van der Waals surface area contributed by atoms with E-state index in [4.69, 9.17) is 5.11 Å². The predicted octanol–water partition coefficient (Wildman–Crippen LogP) is 2.71. The maximum absolute atomic E-state index is 12.6. The van der Waals surface area contributed by atoms with Crippen LogP contribution in [-0.2, 0) is 6.18 Å². The van der Waals surface area contributed by atoms with E-state index in [0.717, 1.165) is 7.11 Å². The fourth-order valence-electron chi connectivity index (χ4n) is 1.19. The molecule has 0 radical (unpaired) electrons. The van der Waals surface area contributed by atoms with Crippen LogP contribution in [0, 0.1) is 0 Å². The molecule has 0 fully saturated rings. The van der Waals surface area contributed by atoms with Gasteiger partial charge in [-0.3, -0.25) is 0 Å². The van der Waals surface area contributed by atoms with E-state index in [1.165, 1.54) is 0 Å². The van der Waals surface area contributed by atoms with Crippen molar-refractivity contribution in [1.29, 1.82) is 0 Å². The van der Waals surface area contributed by atoms with Gasteiger partial charge in [0, 0.05) is 6.07 Å². The highest BCUT2D eigenvalue weighted by atomic mass is 19.4. The highest BCUT2D eigenvalue weighted by Crippen LogP contribution is 2.39. The first-order chi connectivity index (χ1) is 8.95. The third-order valence-corrected chi connectivity index (χ3v) is 1.87. The van der Waals surface area contributed by atoms with E-state index < -0.39 is 41.4 Å². The van der Waals surface area contributed by atoms with Gasteiger partial charge in [-0.2, -0.15) is 13.2 Å². The Hall–Kier alpha value is -2.20. The molecule has 0 aromatic carbocycles. The number of carbonyl (C=O) groups is 1. The minimum Gasteiger partial charge on any atom is -0.494 e. The molecule has 0 aliphatic heterocycles. The zero-order valence-corrected chi connectivity index (χ0v) is 9.46. The third kappa shape index (κ3) is 3.65. The van der Waals surface area contributed by atoms with Crippen molar-refractivity contribution in [3.05, 3.63) is 17.5 Å². The molecule has 0 unspecified atom stereocenters. The summed E-state index contributed by atoms with van der Waals surface area (Å²) >= 11 is 0. The van der Waals surface area contributed by atoms with Crippen LogP contribution in [0.4, 0.5) is 26.3 Å². The second-order valence-electron chi connectivity index (χ2n) is 3.24. The van der Waals surface area contributed by atoms with Gasteiger partial charge in [0.15, 0.2) is 22.9 Å². The van der Waals surface area contributed by atoms with E-state index in [0.29, 0.717) is 0 Å². The molecular weight excluding hydrogens is 300 g/mol. The topological polar surface area (TPSA) is 68.7 Å². The lowest BCUT2D eigenvalue weighted by atomic mass is 10.2. The minimum atomic E-state index is -5.41. The molecule has 112 valence electrons. The zero-order valence-electron chi connectivity index (χ0n) is 9.46. The molecule has 0 spiro atoms. The van der Waals surface area contributed by atoms with E-state index in [1.54, 1.807) is 0 Å². The van der Waals surface area contributed by atoms with Crippen molar-refractivity contribution in [3.63, 3.8) is 0 Å². The molecule has 0 saturated heterocycles. The van der Waals surface area contributed by atoms with Gasteiger partial charge in [-0.1, -0.05) is 0 Å². The normalized spacial score (nSPS) is 12.2. The lowest BCUT2D eigenvalue weighted by molar-refractivity contribution is -0.276. The van der Waals surface area contributed by atoms with Gasteiger partial charge in [-0.25, -0.2) is 9.78 Å². The Morgan fingerprint density at radius 3 is 2.10 bits per heavy atom. The highest BCUT2D eigenvalue weighted by Gasteiger charge is 2.42. The van der Waals surface area contributed by atoms with Crippen LogP contribution in [0.15, 0.2) is 6.07 Å². The first kappa shape index (κ1) is 15.9. The Balaban J connectivity index is 3.52. The summed E-state index contributed by atoms with van der Waals surface area (Å²) in [6.07, 6.45) is -10.7. The number of alkyl halides is 6. The summed E-state index contributed by atoms with van der Waals surface area (Å²) in [5, 5.41) is 8.64. The SMILES string of the molecule is COc1cc(OC(F)(F)F)c(C(F)(F)F)nc1C(=O)O. The molecule has 0 atom stereocenters. The number of carboxylic acid groups (broad SMARTS) is 1. The summed E-state index contributed by atoms with van der Waals surface area (Å²) in [6.45, 7) is 0. The summed E-state index contributed by atoms with van der Waals surface area (Å²) in [4.78, 5) is 13.3. The number of rotatable bonds is 3. The van der Waals surface area contributed by atoms with Crippen molar-refractivity contribution in [2.45, 2.75) is 12.5 Å². The number of hydrogen-bond donors (Lipinski definition) is 1. The van der Waals surface area contributed by atoms with Crippen molar-refractivity contribution < 1.29 is 45.7 Å². The van der Waals surface area contributed by atoms with Crippen molar-refractivity contribution in [2.24, 2.45) is 0 Å². The number of nitrogens with zero attached hydrogens (tertiary/aromatic N) is 1. The van der Waals surface area contributed by atoms with Crippen LogP contribution in [0.1, 0.15) is 16.2 Å². The predicted molar refractivity (Wildman–Crippen MR) is 49.4 cm³/mol. The Morgan fingerprint density at radius 2 is 1.75 bits per heavy atom. The van der Waals surface area contributed by atoms with E-state index in [1.807, 2.05) is 0 Å². The summed E-state index contributed by atoms with van der Waals surface area (Å²) in [5.41, 5.74) is -3.30. The summed E-state index contributed by atoms with van der Waals surface area (Å²) < 4.78 is 81.3. The highest BCUT2D eigenvalue weighted by molar-refractivity contribution is 5.89. The number of aromatic nitrogens is 1. The molecule has 0 aliphatic carbocycles. The monoisotopic (exact) mass is 305 g/mol. The Morgan fingerprint density at radius 1 is 1.20 bits per heavy atom. The van der Waals surface area contributed by atoms with Crippen LogP contribution >= 0.6 is 0 Å². The first-order valence-corrected chi connectivity index (χ1v) is 4.61. The van der Waals surface area contributed by atoms with Crippen molar-refractivity contribution >= 4 is 5.97 Å². The molecule has 5 nitrogen and oxygen atoms in total. The average Bonchev–Trinajstić information content (AvgIpc) is 2.24. The van der Waals surface area contributed by atoms with Gasteiger partial charge >= 0.3 is 18.5 Å². The molecule has 0 amide bonds. The van der Waals surface area contributed by atoms with E-state index >= 15 is 0 Å².